The molecule has 0 bridgehead atoms. The van der Waals surface area contributed by atoms with Crippen molar-refractivity contribution in [3.63, 3.8) is 0 Å². The molecule has 1 amide bonds. The van der Waals surface area contributed by atoms with Gasteiger partial charge in [0.05, 0.1) is 18.8 Å². The summed E-state index contributed by atoms with van der Waals surface area (Å²) in [5, 5.41) is 33.0. The van der Waals surface area contributed by atoms with Gasteiger partial charge in [-0.25, -0.2) is 0 Å². The normalized spacial score (nSPS) is 14.0. The molecule has 282 valence electrons. The Morgan fingerprint density at radius 1 is 0.521 bits per heavy atom. The van der Waals surface area contributed by atoms with Crippen LogP contribution >= 0.6 is 0 Å². The third kappa shape index (κ3) is 33.1. The van der Waals surface area contributed by atoms with Gasteiger partial charge in [0, 0.05) is 0 Å². The number of carbonyl (C=O) groups is 1. The molecule has 0 fully saturated rings. The van der Waals surface area contributed by atoms with Crippen molar-refractivity contribution in [2.45, 2.75) is 225 Å². The maximum Gasteiger partial charge on any atom is 0.249 e. The molecule has 0 aliphatic heterocycles. The van der Waals surface area contributed by atoms with Crippen LogP contribution in [0.3, 0.4) is 0 Å². The zero-order valence-corrected chi connectivity index (χ0v) is 31.9. The largest absolute Gasteiger partial charge is 0.394 e. The van der Waals surface area contributed by atoms with Crippen LogP contribution in [-0.4, -0.2) is 46.1 Å². The fourth-order valence-corrected chi connectivity index (χ4v) is 6.15. The number of nitrogens with one attached hydrogen (secondary N) is 1. The predicted octanol–water partition coefficient (Wildman–Crippen LogP) is 11.6. The highest BCUT2D eigenvalue weighted by Crippen LogP contribution is 2.14. The summed E-state index contributed by atoms with van der Waals surface area (Å²) in [6, 6.07) is -0.800. The minimum absolute atomic E-state index is 0.368. The van der Waals surface area contributed by atoms with Crippen molar-refractivity contribution in [2.75, 3.05) is 6.61 Å². The van der Waals surface area contributed by atoms with Crippen LogP contribution in [0.15, 0.2) is 36.5 Å². The summed E-state index contributed by atoms with van der Waals surface area (Å²) < 4.78 is 0. The van der Waals surface area contributed by atoms with Gasteiger partial charge in [0.15, 0.2) is 0 Å². The summed E-state index contributed by atoms with van der Waals surface area (Å²) in [6.07, 6.45) is 47.4. The van der Waals surface area contributed by atoms with E-state index in [9.17, 15) is 20.1 Å². The maximum absolute atomic E-state index is 12.4. The smallest absolute Gasteiger partial charge is 0.249 e. The first kappa shape index (κ1) is 46.6. The maximum atomic E-state index is 12.4. The van der Waals surface area contributed by atoms with Crippen molar-refractivity contribution < 1.29 is 20.1 Å². The molecule has 0 aromatic heterocycles. The quantitative estimate of drug-likeness (QED) is 0.0390. The molecule has 3 atom stereocenters. The molecule has 0 aliphatic rings. The van der Waals surface area contributed by atoms with Crippen LogP contribution in [-0.2, 0) is 4.79 Å². The number of hydrogen-bond acceptors (Lipinski definition) is 4. The van der Waals surface area contributed by atoms with E-state index in [2.05, 4.69) is 43.5 Å². The van der Waals surface area contributed by atoms with Crippen molar-refractivity contribution >= 4 is 5.91 Å². The zero-order valence-electron chi connectivity index (χ0n) is 31.9. The van der Waals surface area contributed by atoms with Crippen LogP contribution < -0.4 is 5.32 Å². The Hall–Kier alpha value is -1.43. The lowest BCUT2D eigenvalue weighted by molar-refractivity contribution is -0.131. The van der Waals surface area contributed by atoms with Gasteiger partial charge in [-0.3, -0.25) is 4.79 Å². The number of allylic oxidation sites excluding steroid dienone is 5. The lowest BCUT2D eigenvalue weighted by atomic mass is 10.0. The minimum Gasteiger partial charge on any atom is -0.394 e. The topological polar surface area (TPSA) is 89.8 Å². The minimum atomic E-state index is -1.11. The Kier molecular flexibility index (Phi) is 37.2. The van der Waals surface area contributed by atoms with E-state index in [1.165, 1.54) is 141 Å². The summed E-state index contributed by atoms with van der Waals surface area (Å²) in [5.74, 6) is -0.513. The molecule has 0 saturated carbocycles. The second kappa shape index (κ2) is 38.4. The second-order valence-corrected chi connectivity index (χ2v) is 14.2. The molecule has 3 unspecified atom stereocenters. The van der Waals surface area contributed by atoms with Gasteiger partial charge in [-0.15, -0.1) is 0 Å². The van der Waals surface area contributed by atoms with Gasteiger partial charge in [-0.05, 0) is 51.4 Å². The van der Waals surface area contributed by atoms with Crippen molar-refractivity contribution in [3.8, 4) is 0 Å². The van der Waals surface area contributed by atoms with Crippen molar-refractivity contribution in [1.82, 2.24) is 5.32 Å². The van der Waals surface area contributed by atoms with Gasteiger partial charge < -0.3 is 20.6 Å². The van der Waals surface area contributed by atoms with Crippen LogP contribution in [0, 0.1) is 0 Å². The molecule has 4 N–H and O–H groups in total. The number of hydrogen-bond donors (Lipinski definition) is 4. The molecule has 48 heavy (non-hydrogen) atoms. The van der Waals surface area contributed by atoms with Gasteiger partial charge in [-0.2, -0.15) is 0 Å². The Morgan fingerprint density at radius 2 is 0.896 bits per heavy atom. The third-order valence-electron chi connectivity index (χ3n) is 9.48. The van der Waals surface area contributed by atoms with Crippen molar-refractivity contribution in [3.05, 3.63) is 36.5 Å². The summed E-state index contributed by atoms with van der Waals surface area (Å²) in [4.78, 5) is 12.4. The molecule has 0 rings (SSSR count). The first-order valence-corrected chi connectivity index (χ1v) is 20.8. The van der Waals surface area contributed by atoms with E-state index in [1.54, 1.807) is 6.08 Å². The van der Waals surface area contributed by atoms with Crippen LogP contribution in [0.4, 0.5) is 0 Å². The summed E-state index contributed by atoms with van der Waals surface area (Å²) in [5.41, 5.74) is 0. The van der Waals surface area contributed by atoms with Gasteiger partial charge in [0.25, 0.3) is 0 Å². The standard InChI is InChI=1S/C43H81NO4/c1-3-5-7-9-11-13-15-17-18-19-20-21-22-23-24-25-26-28-30-32-34-36-38-42(47)43(48)44-40(39-45)41(46)37-35-33-31-29-27-16-14-12-10-8-6-4-2/h20-21,23-24,35,37,40-42,45-47H,3-19,22,25-34,36,38-39H2,1-2H3,(H,44,48)/b21-20-,24-23-,37-35+. The molecular formula is C43H81NO4. The number of carbonyl (C=O) groups excluding carboxylic acids is 1. The highest BCUT2D eigenvalue weighted by molar-refractivity contribution is 5.80. The average Bonchev–Trinajstić information content (AvgIpc) is 3.09. The Bertz CT molecular complexity index is 749. The Balaban J connectivity index is 3.70. The van der Waals surface area contributed by atoms with Gasteiger partial charge in [0.2, 0.25) is 5.91 Å². The van der Waals surface area contributed by atoms with E-state index in [0.29, 0.717) is 6.42 Å². The summed E-state index contributed by atoms with van der Waals surface area (Å²) in [7, 11) is 0. The SMILES string of the molecule is CCCCCCCCCCC/C=C\C/C=C\CCCCCCCCC(O)C(=O)NC(CO)C(O)/C=C/CCCCCCCCCCCC. The first-order chi connectivity index (χ1) is 23.6. The van der Waals surface area contributed by atoms with Gasteiger partial charge in [0.1, 0.15) is 6.10 Å². The molecule has 5 heteroatoms. The van der Waals surface area contributed by atoms with E-state index < -0.39 is 24.2 Å². The predicted molar refractivity (Wildman–Crippen MR) is 208 cm³/mol. The second-order valence-electron chi connectivity index (χ2n) is 14.2. The lowest BCUT2D eigenvalue weighted by Crippen LogP contribution is -2.48. The van der Waals surface area contributed by atoms with Gasteiger partial charge in [-0.1, -0.05) is 192 Å². The van der Waals surface area contributed by atoms with Gasteiger partial charge >= 0.3 is 0 Å². The Morgan fingerprint density at radius 3 is 1.31 bits per heavy atom. The monoisotopic (exact) mass is 676 g/mol. The van der Waals surface area contributed by atoms with E-state index in [4.69, 9.17) is 0 Å². The summed E-state index contributed by atoms with van der Waals surface area (Å²) >= 11 is 0. The number of unbranched alkanes of at least 4 members (excludes halogenated alkanes) is 25. The molecule has 0 aliphatic carbocycles. The highest BCUT2D eigenvalue weighted by atomic mass is 16.3. The zero-order chi connectivity index (χ0) is 35.2. The lowest BCUT2D eigenvalue weighted by Gasteiger charge is -2.21. The molecule has 0 spiro atoms. The first-order valence-electron chi connectivity index (χ1n) is 20.8. The van der Waals surface area contributed by atoms with Crippen LogP contribution in [0.5, 0.6) is 0 Å². The van der Waals surface area contributed by atoms with Crippen molar-refractivity contribution in [2.24, 2.45) is 0 Å². The number of rotatable bonds is 37. The van der Waals surface area contributed by atoms with E-state index in [1.807, 2.05) is 6.08 Å². The van der Waals surface area contributed by atoms with Crippen LogP contribution in [0.2, 0.25) is 0 Å². The molecule has 5 nitrogen and oxygen atoms in total. The van der Waals surface area contributed by atoms with Crippen LogP contribution in [0.25, 0.3) is 0 Å². The van der Waals surface area contributed by atoms with E-state index in [0.717, 1.165) is 44.9 Å². The van der Waals surface area contributed by atoms with E-state index in [-0.39, 0.29) is 6.61 Å². The average molecular weight is 676 g/mol. The summed E-state index contributed by atoms with van der Waals surface area (Å²) in [6.45, 7) is 4.16. The van der Waals surface area contributed by atoms with Crippen LogP contribution in [0.1, 0.15) is 206 Å². The van der Waals surface area contributed by atoms with E-state index >= 15 is 0 Å². The number of amides is 1. The molecule has 0 aromatic rings. The number of aliphatic hydroxyl groups is 3. The number of aliphatic hydroxyl groups excluding tert-OH is 3. The molecule has 0 aromatic carbocycles. The third-order valence-corrected chi connectivity index (χ3v) is 9.48. The molecule has 0 saturated heterocycles. The molecule has 0 radical (unpaired) electrons. The fourth-order valence-electron chi connectivity index (χ4n) is 6.15. The fraction of sp³-hybridized carbons (Fsp3) is 0.837. The Labute approximate surface area is 298 Å². The van der Waals surface area contributed by atoms with Crippen molar-refractivity contribution in [1.29, 1.82) is 0 Å². The molecule has 0 heterocycles. The molecular weight excluding hydrogens is 594 g/mol. The highest BCUT2D eigenvalue weighted by Gasteiger charge is 2.22.